The van der Waals surface area contributed by atoms with E-state index in [0.717, 1.165) is 23.6 Å². The first-order valence-electron chi connectivity index (χ1n) is 7.31. The van der Waals surface area contributed by atoms with Crippen molar-refractivity contribution in [1.82, 2.24) is 10.3 Å². The molecule has 0 saturated carbocycles. The van der Waals surface area contributed by atoms with Gasteiger partial charge >= 0.3 is 0 Å². The zero-order valence-electron chi connectivity index (χ0n) is 13.3. The van der Waals surface area contributed by atoms with Crippen LogP contribution in [0.3, 0.4) is 0 Å². The van der Waals surface area contributed by atoms with Crippen molar-refractivity contribution in [3.05, 3.63) is 59.4 Å². The molecule has 1 aromatic heterocycles. The lowest BCUT2D eigenvalue weighted by molar-refractivity contribution is 0.300. The minimum absolute atomic E-state index is 0.113. The van der Waals surface area contributed by atoms with Crippen LogP contribution in [0.25, 0.3) is 0 Å². The van der Waals surface area contributed by atoms with Crippen LogP contribution >= 0.6 is 0 Å². The van der Waals surface area contributed by atoms with Crippen LogP contribution in [0.2, 0.25) is 0 Å². The van der Waals surface area contributed by atoms with Gasteiger partial charge in [0.05, 0.1) is 5.69 Å². The molecule has 3 nitrogen and oxygen atoms in total. The number of pyridine rings is 1. The van der Waals surface area contributed by atoms with Crippen molar-refractivity contribution in [2.24, 2.45) is 0 Å². The zero-order chi connectivity index (χ0) is 15.3. The second-order valence-electron chi connectivity index (χ2n) is 6.31. The summed E-state index contributed by atoms with van der Waals surface area (Å²) in [5, 5.41) is 3.48. The summed E-state index contributed by atoms with van der Waals surface area (Å²) in [5.41, 5.74) is 3.47. The minimum Gasteiger partial charge on any atom is -0.487 e. The van der Waals surface area contributed by atoms with Gasteiger partial charge in [0.15, 0.2) is 0 Å². The molecule has 0 radical (unpaired) electrons. The Morgan fingerprint density at radius 1 is 1.14 bits per heavy atom. The summed E-state index contributed by atoms with van der Waals surface area (Å²) < 4.78 is 5.86. The molecule has 0 atom stereocenters. The van der Waals surface area contributed by atoms with Gasteiger partial charge in [-0.2, -0.15) is 0 Å². The molecular weight excluding hydrogens is 260 g/mol. The molecule has 0 amide bonds. The zero-order valence-corrected chi connectivity index (χ0v) is 13.3. The first kappa shape index (κ1) is 15.5. The normalized spacial score (nSPS) is 11.4. The van der Waals surface area contributed by atoms with Crippen LogP contribution in [-0.4, -0.2) is 10.5 Å². The molecule has 0 bridgehead atoms. The van der Waals surface area contributed by atoms with Crippen LogP contribution in [-0.2, 0) is 13.2 Å². The Morgan fingerprint density at radius 3 is 2.67 bits per heavy atom. The molecule has 1 N–H and O–H groups in total. The summed E-state index contributed by atoms with van der Waals surface area (Å²) in [7, 11) is 0. The van der Waals surface area contributed by atoms with Gasteiger partial charge in [-0.15, -0.1) is 0 Å². The number of hydrogen-bond donors (Lipinski definition) is 1. The SMILES string of the molecule is Cc1cccnc1COc1cccc(CNC(C)(C)C)c1. The van der Waals surface area contributed by atoms with Gasteiger partial charge < -0.3 is 10.1 Å². The van der Waals surface area contributed by atoms with Crippen LogP contribution in [0.4, 0.5) is 0 Å². The maximum atomic E-state index is 5.86. The highest BCUT2D eigenvalue weighted by Crippen LogP contribution is 2.16. The Bertz CT molecular complexity index is 588. The Kier molecular flexibility index (Phi) is 4.97. The van der Waals surface area contributed by atoms with E-state index in [0.29, 0.717) is 6.61 Å². The van der Waals surface area contributed by atoms with E-state index in [1.165, 1.54) is 5.56 Å². The maximum absolute atomic E-state index is 5.86. The molecular formula is C18H24N2O. The molecule has 21 heavy (non-hydrogen) atoms. The molecule has 2 aromatic rings. The number of nitrogens with one attached hydrogen (secondary N) is 1. The first-order chi connectivity index (χ1) is 9.94. The molecule has 1 aromatic carbocycles. The van der Waals surface area contributed by atoms with Crippen molar-refractivity contribution in [1.29, 1.82) is 0 Å². The average molecular weight is 284 g/mol. The molecule has 0 saturated heterocycles. The van der Waals surface area contributed by atoms with Crippen LogP contribution in [0.15, 0.2) is 42.6 Å². The summed E-state index contributed by atoms with van der Waals surface area (Å²) >= 11 is 0. The second kappa shape index (κ2) is 6.72. The summed E-state index contributed by atoms with van der Waals surface area (Å²) in [6.45, 7) is 9.88. The van der Waals surface area contributed by atoms with E-state index in [1.807, 2.05) is 18.2 Å². The second-order valence-corrected chi connectivity index (χ2v) is 6.31. The third kappa shape index (κ3) is 5.20. The summed E-state index contributed by atoms with van der Waals surface area (Å²) in [6, 6.07) is 12.2. The Hall–Kier alpha value is -1.87. The van der Waals surface area contributed by atoms with Crippen molar-refractivity contribution in [3.63, 3.8) is 0 Å². The van der Waals surface area contributed by atoms with Crippen molar-refractivity contribution in [3.8, 4) is 5.75 Å². The van der Waals surface area contributed by atoms with Gasteiger partial charge in [0.25, 0.3) is 0 Å². The lowest BCUT2D eigenvalue weighted by Gasteiger charge is -2.20. The highest BCUT2D eigenvalue weighted by Gasteiger charge is 2.08. The van der Waals surface area contributed by atoms with Gasteiger partial charge in [0.1, 0.15) is 12.4 Å². The van der Waals surface area contributed by atoms with E-state index >= 15 is 0 Å². The maximum Gasteiger partial charge on any atom is 0.130 e. The molecule has 112 valence electrons. The van der Waals surface area contributed by atoms with Crippen molar-refractivity contribution in [2.45, 2.75) is 46.4 Å². The van der Waals surface area contributed by atoms with E-state index in [9.17, 15) is 0 Å². The molecule has 0 aliphatic carbocycles. The predicted molar refractivity (Wildman–Crippen MR) is 86.3 cm³/mol. The fourth-order valence-electron chi connectivity index (χ4n) is 1.93. The van der Waals surface area contributed by atoms with Crippen molar-refractivity contribution >= 4 is 0 Å². The average Bonchev–Trinajstić information content (AvgIpc) is 2.44. The number of ether oxygens (including phenoxy) is 1. The topological polar surface area (TPSA) is 34.1 Å². The smallest absolute Gasteiger partial charge is 0.130 e. The summed E-state index contributed by atoms with van der Waals surface area (Å²) in [6.07, 6.45) is 1.80. The Balaban J connectivity index is 1.96. The van der Waals surface area contributed by atoms with Gasteiger partial charge in [-0.3, -0.25) is 4.98 Å². The van der Waals surface area contributed by atoms with Crippen LogP contribution < -0.4 is 10.1 Å². The third-order valence-electron chi connectivity index (χ3n) is 3.21. The van der Waals surface area contributed by atoms with Gasteiger partial charge in [-0.1, -0.05) is 18.2 Å². The quantitative estimate of drug-likeness (QED) is 0.905. The van der Waals surface area contributed by atoms with E-state index in [4.69, 9.17) is 4.74 Å². The highest BCUT2D eigenvalue weighted by molar-refractivity contribution is 5.29. The Labute approximate surface area is 127 Å². The number of aromatic nitrogens is 1. The summed E-state index contributed by atoms with van der Waals surface area (Å²) in [5.74, 6) is 0.883. The lowest BCUT2D eigenvalue weighted by Crippen LogP contribution is -2.35. The molecule has 0 aliphatic rings. The van der Waals surface area contributed by atoms with Crippen LogP contribution in [0.1, 0.15) is 37.6 Å². The van der Waals surface area contributed by atoms with Crippen LogP contribution in [0.5, 0.6) is 5.75 Å². The molecule has 1 heterocycles. The standard InChI is InChI=1S/C18H24N2O/c1-14-7-6-10-19-17(14)13-21-16-9-5-8-15(11-16)12-20-18(2,3)4/h5-11,20H,12-13H2,1-4H3. The van der Waals surface area contributed by atoms with Crippen LogP contribution in [0, 0.1) is 6.92 Å². The lowest BCUT2D eigenvalue weighted by atomic mass is 10.1. The number of aryl methyl sites for hydroxylation is 1. The monoisotopic (exact) mass is 284 g/mol. The van der Waals surface area contributed by atoms with Crippen molar-refractivity contribution in [2.75, 3.05) is 0 Å². The van der Waals surface area contributed by atoms with E-state index in [1.54, 1.807) is 6.20 Å². The molecule has 2 rings (SSSR count). The van der Waals surface area contributed by atoms with Gasteiger partial charge in [-0.05, 0) is 57.0 Å². The fourth-order valence-corrected chi connectivity index (χ4v) is 1.93. The fraction of sp³-hybridized carbons (Fsp3) is 0.389. The molecule has 3 heteroatoms. The van der Waals surface area contributed by atoms with E-state index < -0.39 is 0 Å². The number of benzene rings is 1. The molecule has 0 aliphatic heterocycles. The third-order valence-corrected chi connectivity index (χ3v) is 3.21. The first-order valence-corrected chi connectivity index (χ1v) is 7.31. The molecule has 0 spiro atoms. The summed E-state index contributed by atoms with van der Waals surface area (Å²) in [4.78, 5) is 4.35. The van der Waals surface area contributed by atoms with Gasteiger partial charge in [0.2, 0.25) is 0 Å². The number of nitrogens with zero attached hydrogens (tertiary/aromatic N) is 1. The minimum atomic E-state index is 0.113. The number of rotatable bonds is 5. The van der Waals surface area contributed by atoms with Gasteiger partial charge in [-0.25, -0.2) is 0 Å². The largest absolute Gasteiger partial charge is 0.487 e. The van der Waals surface area contributed by atoms with E-state index in [2.05, 4.69) is 56.2 Å². The number of hydrogen-bond acceptors (Lipinski definition) is 3. The van der Waals surface area contributed by atoms with Gasteiger partial charge in [0, 0.05) is 18.3 Å². The predicted octanol–water partition coefficient (Wildman–Crippen LogP) is 3.86. The molecule has 0 unspecified atom stereocenters. The van der Waals surface area contributed by atoms with E-state index in [-0.39, 0.29) is 5.54 Å². The Morgan fingerprint density at radius 2 is 1.95 bits per heavy atom. The molecule has 0 fully saturated rings. The highest BCUT2D eigenvalue weighted by atomic mass is 16.5. The van der Waals surface area contributed by atoms with Crippen molar-refractivity contribution < 1.29 is 4.74 Å².